The van der Waals surface area contributed by atoms with Gasteiger partial charge >= 0.3 is 7.82 Å². The molecular formula is C20H35O6P. The zero-order chi connectivity index (χ0) is 20.3. The fraction of sp³-hybridized carbons (Fsp3) is 0.700. The number of phosphoric ester groups is 1. The number of rotatable bonds is 14. The van der Waals surface area contributed by atoms with Crippen molar-refractivity contribution in [2.75, 3.05) is 26.4 Å². The van der Waals surface area contributed by atoms with Gasteiger partial charge in [0.15, 0.2) is 6.29 Å². The third-order valence-corrected chi connectivity index (χ3v) is 5.63. The number of aliphatic hydroxyl groups is 1. The van der Waals surface area contributed by atoms with Crippen molar-refractivity contribution in [3.8, 4) is 0 Å². The Balaban J connectivity index is 2.37. The number of aliphatic hydroxyl groups excluding tert-OH is 1. The monoisotopic (exact) mass is 402 g/mol. The maximum Gasteiger partial charge on any atom is 0.474 e. The maximum atomic E-state index is 12.1. The highest BCUT2D eigenvalue weighted by Crippen LogP contribution is 2.49. The quantitative estimate of drug-likeness (QED) is 0.271. The Morgan fingerprint density at radius 3 is 2.07 bits per heavy atom. The molecule has 6 nitrogen and oxygen atoms in total. The fourth-order valence-corrected chi connectivity index (χ4v) is 3.81. The number of hydrogen-bond acceptors (Lipinski definition) is 6. The standard InChI is InChI=1S/C20H35O6P/c1-6-24-27(22,25-7-2)26-14-8-13-23-20(21)17(5)19-11-9-18(10-12-19)15-16(3)4/h9-12,16-17,20-21H,6-8,13-15H2,1-5H3. The highest BCUT2D eigenvalue weighted by molar-refractivity contribution is 7.48. The van der Waals surface area contributed by atoms with Crippen molar-refractivity contribution in [1.29, 1.82) is 0 Å². The van der Waals surface area contributed by atoms with Crippen LogP contribution in [0.3, 0.4) is 0 Å². The predicted octanol–water partition coefficient (Wildman–Crippen LogP) is 4.91. The van der Waals surface area contributed by atoms with Crippen LogP contribution in [0.25, 0.3) is 0 Å². The molecule has 27 heavy (non-hydrogen) atoms. The molecule has 7 heteroatoms. The second-order valence-electron chi connectivity index (χ2n) is 6.86. The van der Waals surface area contributed by atoms with Crippen molar-refractivity contribution in [2.24, 2.45) is 5.92 Å². The van der Waals surface area contributed by atoms with Crippen LogP contribution in [0.1, 0.15) is 58.1 Å². The minimum atomic E-state index is -3.48. The van der Waals surface area contributed by atoms with Gasteiger partial charge in [0.1, 0.15) is 0 Å². The molecule has 0 fully saturated rings. The molecule has 0 saturated heterocycles. The van der Waals surface area contributed by atoms with Gasteiger partial charge in [-0.1, -0.05) is 45.0 Å². The molecule has 0 saturated carbocycles. The van der Waals surface area contributed by atoms with Crippen LogP contribution in [-0.4, -0.2) is 37.8 Å². The van der Waals surface area contributed by atoms with Gasteiger partial charge < -0.3 is 9.84 Å². The molecule has 2 atom stereocenters. The third-order valence-electron chi connectivity index (χ3n) is 3.98. The topological polar surface area (TPSA) is 74.2 Å². The average molecular weight is 402 g/mol. The van der Waals surface area contributed by atoms with Gasteiger partial charge in [0.25, 0.3) is 0 Å². The van der Waals surface area contributed by atoms with E-state index in [0.29, 0.717) is 12.3 Å². The lowest BCUT2D eigenvalue weighted by Crippen LogP contribution is -2.21. The van der Waals surface area contributed by atoms with E-state index in [1.165, 1.54) is 5.56 Å². The highest BCUT2D eigenvalue weighted by Gasteiger charge is 2.25. The van der Waals surface area contributed by atoms with Crippen LogP contribution in [0.5, 0.6) is 0 Å². The molecule has 1 N–H and O–H groups in total. The predicted molar refractivity (Wildman–Crippen MR) is 107 cm³/mol. The van der Waals surface area contributed by atoms with Crippen LogP contribution in [0.2, 0.25) is 0 Å². The molecule has 0 radical (unpaired) electrons. The normalized spacial score (nSPS) is 14.5. The molecule has 156 valence electrons. The second-order valence-corrected chi connectivity index (χ2v) is 8.53. The van der Waals surface area contributed by atoms with Gasteiger partial charge in [-0.3, -0.25) is 13.6 Å². The van der Waals surface area contributed by atoms with Gasteiger partial charge in [-0.25, -0.2) is 4.57 Å². The van der Waals surface area contributed by atoms with Crippen molar-refractivity contribution in [3.63, 3.8) is 0 Å². The lowest BCUT2D eigenvalue weighted by Gasteiger charge is -2.20. The lowest BCUT2D eigenvalue weighted by atomic mass is 9.96. The second kappa shape index (κ2) is 12.7. The first-order valence-corrected chi connectivity index (χ1v) is 11.2. The van der Waals surface area contributed by atoms with Gasteiger partial charge in [0, 0.05) is 5.92 Å². The van der Waals surface area contributed by atoms with Gasteiger partial charge in [0.2, 0.25) is 0 Å². The third kappa shape index (κ3) is 9.33. The summed E-state index contributed by atoms with van der Waals surface area (Å²) in [5.74, 6) is 0.474. The van der Waals surface area contributed by atoms with Gasteiger partial charge in [-0.05, 0) is 43.7 Å². The van der Waals surface area contributed by atoms with Gasteiger partial charge in [0.05, 0.1) is 26.4 Å². The van der Waals surface area contributed by atoms with E-state index in [1.807, 2.05) is 19.1 Å². The summed E-state index contributed by atoms with van der Waals surface area (Å²) in [5, 5.41) is 10.2. The number of hydrogen-bond donors (Lipinski definition) is 1. The first-order valence-electron chi connectivity index (χ1n) is 9.73. The molecule has 2 unspecified atom stereocenters. The Kier molecular flexibility index (Phi) is 11.4. The molecule has 1 aromatic carbocycles. The molecule has 0 bridgehead atoms. The lowest BCUT2D eigenvalue weighted by molar-refractivity contribution is -0.114. The van der Waals surface area contributed by atoms with Crippen LogP contribution in [0.15, 0.2) is 24.3 Å². The molecule has 0 aromatic heterocycles. The number of ether oxygens (including phenoxy) is 1. The van der Waals surface area contributed by atoms with Crippen molar-refractivity contribution < 1.29 is 28.0 Å². The smallest absolute Gasteiger partial charge is 0.367 e. The zero-order valence-electron chi connectivity index (χ0n) is 17.2. The Labute approximate surface area is 163 Å². The van der Waals surface area contributed by atoms with E-state index in [9.17, 15) is 9.67 Å². The fourth-order valence-electron chi connectivity index (χ4n) is 2.61. The number of benzene rings is 1. The summed E-state index contributed by atoms with van der Waals surface area (Å²) in [5.41, 5.74) is 2.32. The van der Waals surface area contributed by atoms with Crippen molar-refractivity contribution in [3.05, 3.63) is 35.4 Å². The minimum absolute atomic E-state index is 0.142. The molecule has 0 amide bonds. The molecular weight excluding hydrogens is 367 g/mol. The van der Waals surface area contributed by atoms with Gasteiger partial charge in [-0.2, -0.15) is 0 Å². The molecule has 0 heterocycles. The molecule has 1 aromatic rings. The first-order chi connectivity index (χ1) is 12.8. The van der Waals surface area contributed by atoms with E-state index >= 15 is 0 Å². The van der Waals surface area contributed by atoms with Crippen molar-refractivity contribution in [2.45, 2.75) is 59.7 Å². The van der Waals surface area contributed by atoms with E-state index in [4.69, 9.17) is 18.3 Å². The first kappa shape index (κ1) is 24.3. The summed E-state index contributed by atoms with van der Waals surface area (Å²) < 4.78 is 33.0. The molecule has 0 aliphatic heterocycles. The van der Waals surface area contributed by atoms with E-state index in [2.05, 4.69) is 26.0 Å². The van der Waals surface area contributed by atoms with Crippen LogP contribution in [-0.2, 0) is 29.3 Å². The molecule has 0 spiro atoms. The molecule has 0 aliphatic rings. The van der Waals surface area contributed by atoms with E-state index in [1.54, 1.807) is 13.8 Å². The van der Waals surface area contributed by atoms with Crippen LogP contribution in [0.4, 0.5) is 0 Å². The van der Waals surface area contributed by atoms with Crippen molar-refractivity contribution in [1.82, 2.24) is 0 Å². The SMILES string of the molecule is CCOP(=O)(OCC)OCCCOC(O)C(C)c1ccc(CC(C)C)cc1. The Morgan fingerprint density at radius 2 is 1.56 bits per heavy atom. The maximum absolute atomic E-state index is 12.1. The highest BCUT2D eigenvalue weighted by atomic mass is 31.2. The number of phosphoric acid groups is 1. The Hall–Kier alpha value is -0.750. The summed E-state index contributed by atoms with van der Waals surface area (Å²) in [7, 11) is -3.48. The summed E-state index contributed by atoms with van der Waals surface area (Å²) in [6.07, 6.45) is 0.606. The van der Waals surface area contributed by atoms with E-state index in [-0.39, 0.29) is 32.3 Å². The van der Waals surface area contributed by atoms with E-state index < -0.39 is 14.1 Å². The average Bonchev–Trinajstić information content (AvgIpc) is 2.61. The summed E-state index contributed by atoms with van der Waals surface area (Å²) in [4.78, 5) is 0. The summed E-state index contributed by atoms with van der Waals surface area (Å²) >= 11 is 0. The molecule has 0 aliphatic carbocycles. The minimum Gasteiger partial charge on any atom is -0.367 e. The van der Waals surface area contributed by atoms with Gasteiger partial charge in [-0.15, -0.1) is 0 Å². The van der Waals surface area contributed by atoms with Crippen LogP contribution < -0.4 is 0 Å². The Morgan fingerprint density at radius 1 is 0.963 bits per heavy atom. The zero-order valence-corrected chi connectivity index (χ0v) is 18.1. The molecule has 1 rings (SSSR count). The van der Waals surface area contributed by atoms with Crippen LogP contribution in [0, 0.1) is 5.92 Å². The van der Waals surface area contributed by atoms with Crippen LogP contribution >= 0.6 is 7.82 Å². The summed E-state index contributed by atoms with van der Waals surface area (Å²) in [6, 6.07) is 8.29. The summed E-state index contributed by atoms with van der Waals surface area (Å²) in [6.45, 7) is 10.7. The van der Waals surface area contributed by atoms with E-state index in [0.717, 1.165) is 12.0 Å². The largest absolute Gasteiger partial charge is 0.474 e. The van der Waals surface area contributed by atoms with Crippen molar-refractivity contribution >= 4 is 7.82 Å². The Bertz CT molecular complexity index is 550.